The van der Waals surface area contributed by atoms with Gasteiger partial charge in [-0.2, -0.15) is 5.26 Å². The molecule has 0 saturated heterocycles. The number of anilines is 1. The van der Waals surface area contributed by atoms with Crippen molar-refractivity contribution in [1.82, 2.24) is 5.32 Å². The molecule has 0 atom stereocenters. The van der Waals surface area contributed by atoms with Crippen molar-refractivity contribution in [3.8, 4) is 11.8 Å². The van der Waals surface area contributed by atoms with E-state index in [1.807, 2.05) is 38.1 Å². The number of nitriles is 1. The van der Waals surface area contributed by atoms with Crippen molar-refractivity contribution in [1.29, 1.82) is 5.26 Å². The molecule has 0 saturated carbocycles. The fourth-order valence-electron chi connectivity index (χ4n) is 1.99. The summed E-state index contributed by atoms with van der Waals surface area (Å²) < 4.78 is 5.59. The Kier molecular flexibility index (Phi) is 5.59. The molecule has 0 aliphatic heterocycles. The largest absolute Gasteiger partial charge is 0.492 e. The highest BCUT2D eigenvalue weighted by Gasteiger charge is 2.05. The van der Waals surface area contributed by atoms with Gasteiger partial charge in [-0.1, -0.05) is 18.2 Å². The Morgan fingerprint density at radius 3 is 2.70 bits per heavy atom. The van der Waals surface area contributed by atoms with Gasteiger partial charge in [0.1, 0.15) is 18.4 Å². The number of aryl methyl sites for hydroxylation is 2. The quantitative estimate of drug-likeness (QED) is 0.832. The Balaban J connectivity index is 1.77. The summed E-state index contributed by atoms with van der Waals surface area (Å²) in [5.74, 6) is 0.783. The van der Waals surface area contributed by atoms with Crippen molar-refractivity contribution in [2.45, 2.75) is 13.8 Å². The molecule has 0 aromatic heterocycles. The highest BCUT2D eigenvalue weighted by Crippen LogP contribution is 2.16. The Labute approximate surface area is 135 Å². The van der Waals surface area contributed by atoms with Crippen LogP contribution in [0.25, 0.3) is 0 Å². The highest BCUT2D eigenvalue weighted by atomic mass is 16.5. The van der Waals surface area contributed by atoms with Crippen LogP contribution < -0.4 is 15.4 Å². The van der Waals surface area contributed by atoms with Gasteiger partial charge in [-0.05, 0) is 49.2 Å². The average Bonchev–Trinajstić information content (AvgIpc) is 2.55. The maximum atomic E-state index is 11.8. The molecule has 2 aromatic carbocycles. The maximum absolute atomic E-state index is 11.8. The van der Waals surface area contributed by atoms with Gasteiger partial charge in [0.2, 0.25) is 0 Å². The lowest BCUT2D eigenvalue weighted by molar-refractivity contribution is 0.247. The molecule has 0 fully saturated rings. The van der Waals surface area contributed by atoms with Crippen molar-refractivity contribution in [3.05, 3.63) is 59.2 Å². The number of amides is 2. The van der Waals surface area contributed by atoms with Crippen molar-refractivity contribution in [2.24, 2.45) is 0 Å². The molecule has 2 aromatic rings. The maximum Gasteiger partial charge on any atom is 0.319 e. The smallest absolute Gasteiger partial charge is 0.319 e. The van der Waals surface area contributed by atoms with Crippen molar-refractivity contribution < 1.29 is 9.53 Å². The number of nitrogens with one attached hydrogen (secondary N) is 2. The van der Waals surface area contributed by atoms with E-state index in [1.165, 1.54) is 11.1 Å². The number of carbonyl (C=O) groups excluding carboxylic acids is 1. The fourth-order valence-corrected chi connectivity index (χ4v) is 1.99. The number of urea groups is 1. The number of para-hydroxylation sites is 1. The first kappa shape index (κ1) is 16.4. The van der Waals surface area contributed by atoms with Crippen molar-refractivity contribution in [2.75, 3.05) is 18.5 Å². The van der Waals surface area contributed by atoms with E-state index in [-0.39, 0.29) is 6.03 Å². The van der Waals surface area contributed by atoms with E-state index in [4.69, 9.17) is 10.00 Å². The molecule has 0 bridgehead atoms. The molecule has 2 rings (SSSR count). The van der Waals surface area contributed by atoms with E-state index in [0.29, 0.717) is 24.4 Å². The van der Waals surface area contributed by atoms with Crippen LogP contribution in [0.5, 0.6) is 5.75 Å². The summed E-state index contributed by atoms with van der Waals surface area (Å²) >= 11 is 0. The predicted molar refractivity (Wildman–Crippen MR) is 89.6 cm³/mol. The van der Waals surface area contributed by atoms with Crippen molar-refractivity contribution >= 4 is 11.7 Å². The molecule has 5 nitrogen and oxygen atoms in total. The second kappa shape index (κ2) is 7.85. The molecule has 0 radical (unpaired) electrons. The van der Waals surface area contributed by atoms with Gasteiger partial charge >= 0.3 is 6.03 Å². The van der Waals surface area contributed by atoms with Gasteiger partial charge in [0.15, 0.2) is 0 Å². The normalized spacial score (nSPS) is 9.78. The zero-order valence-electron chi connectivity index (χ0n) is 13.2. The number of rotatable bonds is 5. The topological polar surface area (TPSA) is 74.2 Å². The molecule has 2 N–H and O–H groups in total. The van der Waals surface area contributed by atoms with Gasteiger partial charge in [-0.15, -0.1) is 0 Å². The summed E-state index contributed by atoms with van der Waals surface area (Å²) in [5, 5.41) is 14.3. The second-order valence-electron chi connectivity index (χ2n) is 5.13. The lowest BCUT2D eigenvalue weighted by Gasteiger charge is -2.10. The third-order valence-electron chi connectivity index (χ3n) is 3.43. The number of hydrogen-bond acceptors (Lipinski definition) is 3. The minimum atomic E-state index is -0.364. The Hall–Kier alpha value is -3.00. The van der Waals surface area contributed by atoms with E-state index in [2.05, 4.69) is 10.6 Å². The van der Waals surface area contributed by atoms with Crippen LogP contribution in [0.4, 0.5) is 10.5 Å². The number of ether oxygens (including phenoxy) is 1. The van der Waals surface area contributed by atoms with E-state index >= 15 is 0 Å². The van der Waals surface area contributed by atoms with Crippen LogP contribution in [0.1, 0.15) is 16.7 Å². The van der Waals surface area contributed by atoms with Gasteiger partial charge in [0.05, 0.1) is 17.8 Å². The molecule has 0 heterocycles. The predicted octanol–water partition coefficient (Wildman–Crippen LogP) is 3.38. The van der Waals surface area contributed by atoms with E-state index in [0.717, 1.165) is 5.75 Å². The van der Waals surface area contributed by atoms with E-state index in [1.54, 1.807) is 24.3 Å². The van der Waals surface area contributed by atoms with Crippen LogP contribution in [0, 0.1) is 25.2 Å². The molecule has 5 heteroatoms. The standard InChI is InChI=1S/C18H19N3O2/c1-13-7-8-16(11-14(13)2)23-10-9-20-18(22)21-17-6-4-3-5-15(17)12-19/h3-8,11H,9-10H2,1-2H3,(H2,20,21,22). The summed E-state index contributed by atoms with van der Waals surface area (Å²) in [6.45, 7) is 4.81. The van der Waals surface area contributed by atoms with Crippen LogP contribution in [0.15, 0.2) is 42.5 Å². The minimum absolute atomic E-state index is 0.364. The molecule has 2 amide bonds. The Morgan fingerprint density at radius 1 is 1.17 bits per heavy atom. The monoisotopic (exact) mass is 309 g/mol. The highest BCUT2D eigenvalue weighted by molar-refractivity contribution is 5.90. The molecule has 0 unspecified atom stereocenters. The number of carbonyl (C=O) groups is 1. The van der Waals surface area contributed by atoms with Gasteiger partial charge in [0.25, 0.3) is 0 Å². The molecule has 0 aliphatic carbocycles. The first-order valence-electron chi connectivity index (χ1n) is 7.34. The van der Waals surface area contributed by atoms with Crippen LogP contribution >= 0.6 is 0 Å². The third kappa shape index (κ3) is 4.75. The zero-order valence-corrected chi connectivity index (χ0v) is 13.2. The summed E-state index contributed by atoms with van der Waals surface area (Å²) in [6.07, 6.45) is 0. The van der Waals surface area contributed by atoms with Gasteiger partial charge in [-0.3, -0.25) is 0 Å². The average molecular weight is 309 g/mol. The van der Waals surface area contributed by atoms with Crippen LogP contribution in [-0.4, -0.2) is 19.2 Å². The first-order chi connectivity index (χ1) is 11.1. The molecule has 0 spiro atoms. The number of hydrogen-bond donors (Lipinski definition) is 2. The molecular formula is C18H19N3O2. The van der Waals surface area contributed by atoms with E-state index < -0.39 is 0 Å². The van der Waals surface area contributed by atoms with Crippen LogP contribution in [0.2, 0.25) is 0 Å². The summed E-state index contributed by atoms with van der Waals surface area (Å²) in [5.41, 5.74) is 3.30. The van der Waals surface area contributed by atoms with E-state index in [9.17, 15) is 4.79 Å². The Morgan fingerprint density at radius 2 is 1.96 bits per heavy atom. The fraction of sp³-hybridized carbons (Fsp3) is 0.222. The molecule has 0 aliphatic rings. The molecular weight excluding hydrogens is 290 g/mol. The van der Waals surface area contributed by atoms with Gasteiger partial charge in [-0.25, -0.2) is 4.79 Å². The summed E-state index contributed by atoms with van der Waals surface area (Å²) in [6, 6.07) is 14.4. The lowest BCUT2D eigenvalue weighted by atomic mass is 10.1. The zero-order chi connectivity index (χ0) is 16.7. The second-order valence-corrected chi connectivity index (χ2v) is 5.13. The lowest BCUT2D eigenvalue weighted by Crippen LogP contribution is -2.32. The third-order valence-corrected chi connectivity index (χ3v) is 3.43. The first-order valence-corrected chi connectivity index (χ1v) is 7.34. The van der Waals surface area contributed by atoms with Gasteiger partial charge < -0.3 is 15.4 Å². The SMILES string of the molecule is Cc1ccc(OCCNC(=O)Nc2ccccc2C#N)cc1C. The van der Waals surface area contributed by atoms with Crippen LogP contribution in [-0.2, 0) is 0 Å². The Bertz CT molecular complexity index is 735. The molecule has 118 valence electrons. The summed E-state index contributed by atoms with van der Waals surface area (Å²) in [7, 11) is 0. The molecule has 23 heavy (non-hydrogen) atoms. The number of benzene rings is 2. The van der Waals surface area contributed by atoms with Gasteiger partial charge in [0, 0.05) is 0 Å². The minimum Gasteiger partial charge on any atom is -0.492 e. The number of nitrogens with zero attached hydrogens (tertiary/aromatic N) is 1. The van der Waals surface area contributed by atoms with Crippen LogP contribution in [0.3, 0.4) is 0 Å². The van der Waals surface area contributed by atoms with Crippen molar-refractivity contribution in [3.63, 3.8) is 0 Å². The summed E-state index contributed by atoms with van der Waals surface area (Å²) in [4.78, 5) is 11.8.